The number of nitrogens with one attached hydrogen (secondary N) is 1. The van der Waals surface area contributed by atoms with Gasteiger partial charge >= 0.3 is 0 Å². The number of halogens is 1. The lowest BCUT2D eigenvalue weighted by Crippen LogP contribution is -2.45. The largest absolute Gasteiger partial charge is 0.329 e. The molecule has 0 amide bonds. The van der Waals surface area contributed by atoms with Crippen LogP contribution in [-0.2, 0) is 10.0 Å². The fourth-order valence-corrected chi connectivity index (χ4v) is 3.86. The summed E-state index contributed by atoms with van der Waals surface area (Å²) in [6, 6.07) is -0.0515. The van der Waals surface area contributed by atoms with Gasteiger partial charge in [0.25, 0.3) is 0 Å². The molecule has 1 atom stereocenters. The second kappa shape index (κ2) is 8.29. The Bertz CT molecular complexity index is 290. The van der Waals surface area contributed by atoms with Crippen molar-refractivity contribution in [2.24, 2.45) is 11.7 Å². The highest BCUT2D eigenvalue weighted by Gasteiger charge is 2.27. The SMILES string of the molecule is CCCCS(=O)(=O)NC(CN)C1CCCC1.Cl. The molecular formula is C11H25ClN2O2S. The van der Waals surface area contributed by atoms with Crippen molar-refractivity contribution in [3.63, 3.8) is 0 Å². The topological polar surface area (TPSA) is 72.2 Å². The monoisotopic (exact) mass is 284 g/mol. The summed E-state index contributed by atoms with van der Waals surface area (Å²) in [7, 11) is -3.12. The third-order valence-electron chi connectivity index (χ3n) is 3.32. The lowest BCUT2D eigenvalue weighted by molar-refractivity contribution is 0.405. The van der Waals surface area contributed by atoms with Crippen LogP contribution in [0.15, 0.2) is 0 Å². The van der Waals surface area contributed by atoms with Crippen LogP contribution in [0.25, 0.3) is 0 Å². The normalized spacial score (nSPS) is 18.9. The highest BCUT2D eigenvalue weighted by molar-refractivity contribution is 7.89. The van der Waals surface area contributed by atoms with Crippen molar-refractivity contribution in [1.29, 1.82) is 0 Å². The van der Waals surface area contributed by atoms with E-state index in [4.69, 9.17) is 5.73 Å². The quantitative estimate of drug-likeness (QED) is 0.747. The third kappa shape index (κ3) is 6.04. The Balaban J connectivity index is 0.00000256. The van der Waals surface area contributed by atoms with E-state index in [1.165, 1.54) is 12.8 Å². The van der Waals surface area contributed by atoms with E-state index in [0.717, 1.165) is 25.7 Å². The van der Waals surface area contributed by atoms with Crippen LogP contribution in [0, 0.1) is 5.92 Å². The van der Waals surface area contributed by atoms with Crippen molar-refractivity contribution in [3.8, 4) is 0 Å². The summed E-state index contributed by atoms with van der Waals surface area (Å²) in [5.41, 5.74) is 5.66. The Morgan fingerprint density at radius 3 is 2.41 bits per heavy atom. The van der Waals surface area contributed by atoms with Crippen molar-refractivity contribution < 1.29 is 8.42 Å². The molecule has 0 radical (unpaired) electrons. The van der Waals surface area contributed by atoms with E-state index in [2.05, 4.69) is 4.72 Å². The number of unbranched alkanes of at least 4 members (excludes halogenated alkanes) is 1. The van der Waals surface area contributed by atoms with Gasteiger partial charge in [-0.05, 0) is 25.2 Å². The second-order valence-corrected chi connectivity index (χ2v) is 6.55. The van der Waals surface area contributed by atoms with Crippen molar-refractivity contribution >= 4 is 22.4 Å². The minimum Gasteiger partial charge on any atom is -0.329 e. The van der Waals surface area contributed by atoms with Crippen molar-refractivity contribution in [1.82, 2.24) is 4.72 Å². The summed E-state index contributed by atoms with van der Waals surface area (Å²) in [4.78, 5) is 0. The standard InChI is InChI=1S/C11H24N2O2S.ClH/c1-2-3-8-16(14,15)13-11(9-12)10-6-4-5-7-10;/h10-11,13H,2-9,12H2,1H3;1H. The molecule has 1 rings (SSSR count). The zero-order valence-electron chi connectivity index (χ0n) is 10.5. The first kappa shape index (κ1) is 17.2. The van der Waals surface area contributed by atoms with Crippen LogP contribution in [0.2, 0.25) is 0 Å². The Morgan fingerprint density at radius 1 is 1.35 bits per heavy atom. The summed E-state index contributed by atoms with van der Waals surface area (Å²) in [5.74, 6) is 0.675. The molecule has 3 N–H and O–H groups in total. The molecule has 17 heavy (non-hydrogen) atoms. The minimum absolute atomic E-state index is 0. The van der Waals surface area contributed by atoms with Crippen LogP contribution in [0.4, 0.5) is 0 Å². The lowest BCUT2D eigenvalue weighted by atomic mass is 9.99. The summed E-state index contributed by atoms with van der Waals surface area (Å²) in [5, 5.41) is 0. The van der Waals surface area contributed by atoms with E-state index in [-0.39, 0.29) is 24.2 Å². The summed E-state index contributed by atoms with van der Waals surface area (Å²) in [6.07, 6.45) is 6.25. The molecule has 1 aliphatic rings. The summed E-state index contributed by atoms with van der Waals surface area (Å²) in [6.45, 7) is 2.41. The molecule has 104 valence electrons. The van der Waals surface area contributed by atoms with Crippen LogP contribution in [0.3, 0.4) is 0 Å². The van der Waals surface area contributed by atoms with Crippen molar-refractivity contribution in [2.75, 3.05) is 12.3 Å². The number of hydrogen-bond donors (Lipinski definition) is 2. The predicted octanol–water partition coefficient (Wildman–Crippen LogP) is 1.65. The molecule has 1 unspecified atom stereocenters. The fraction of sp³-hybridized carbons (Fsp3) is 1.00. The van der Waals surface area contributed by atoms with Gasteiger partial charge in [0, 0.05) is 12.6 Å². The fourth-order valence-electron chi connectivity index (χ4n) is 2.32. The smallest absolute Gasteiger partial charge is 0.211 e. The summed E-state index contributed by atoms with van der Waals surface area (Å²) < 4.78 is 26.3. The van der Waals surface area contributed by atoms with E-state index in [9.17, 15) is 8.42 Å². The van der Waals surface area contributed by atoms with Gasteiger partial charge in [-0.3, -0.25) is 0 Å². The molecular weight excluding hydrogens is 260 g/mol. The van der Waals surface area contributed by atoms with Gasteiger partial charge in [0.2, 0.25) is 10.0 Å². The molecule has 6 heteroatoms. The highest BCUT2D eigenvalue weighted by atomic mass is 35.5. The maximum atomic E-state index is 11.7. The Morgan fingerprint density at radius 2 is 1.94 bits per heavy atom. The molecule has 0 aromatic heterocycles. The van der Waals surface area contributed by atoms with Crippen molar-refractivity contribution in [2.45, 2.75) is 51.5 Å². The van der Waals surface area contributed by atoms with E-state index in [0.29, 0.717) is 12.5 Å². The van der Waals surface area contributed by atoms with Crippen LogP contribution in [0.1, 0.15) is 45.4 Å². The van der Waals surface area contributed by atoms with Gasteiger partial charge in [-0.2, -0.15) is 0 Å². The Hall–Kier alpha value is 0.160. The first-order chi connectivity index (χ1) is 7.59. The average molecular weight is 285 g/mol. The number of hydrogen-bond acceptors (Lipinski definition) is 3. The van der Waals surface area contributed by atoms with Gasteiger partial charge in [0.05, 0.1) is 5.75 Å². The van der Waals surface area contributed by atoms with Crippen LogP contribution in [-0.4, -0.2) is 26.8 Å². The van der Waals surface area contributed by atoms with Crippen LogP contribution < -0.4 is 10.5 Å². The van der Waals surface area contributed by atoms with Gasteiger partial charge in [-0.25, -0.2) is 13.1 Å². The average Bonchev–Trinajstić information content (AvgIpc) is 2.76. The number of rotatable bonds is 7. The Kier molecular flexibility index (Phi) is 8.37. The zero-order chi connectivity index (χ0) is 12.0. The predicted molar refractivity (Wildman–Crippen MR) is 73.9 cm³/mol. The molecule has 0 spiro atoms. The first-order valence-electron chi connectivity index (χ1n) is 6.29. The molecule has 0 aromatic carbocycles. The summed E-state index contributed by atoms with van der Waals surface area (Å²) >= 11 is 0. The van der Waals surface area contributed by atoms with Gasteiger partial charge in [-0.1, -0.05) is 26.2 Å². The highest BCUT2D eigenvalue weighted by Crippen LogP contribution is 2.27. The maximum Gasteiger partial charge on any atom is 0.211 e. The number of sulfonamides is 1. The van der Waals surface area contributed by atoms with E-state index >= 15 is 0 Å². The molecule has 0 saturated heterocycles. The molecule has 1 fully saturated rings. The molecule has 0 aliphatic heterocycles. The Labute approximate surface area is 111 Å². The molecule has 0 bridgehead atoms. The lowest BCUT2D eigenvalue weighted by Gasteiger charge is -2.22. The zero-order valence-corrected chi connectivity index (χ0v) is 12.2. The van der Waals surface area contributed by atoms with E-state index in [1.807, 2.05) is 6.92 Å². The van der Waals surface area contributed by atoms with E-state index in [1.54, 1.807) is 0 Å². The molecule has 0 aromatic rings. The second-order valence-electron chi connectivity index (χ2n) is 4.68. The maximum absolute atomic E-state index is 11.7. The molecule has 0 heterocycles. The molecule has 1 aliphatic carbocycles. The van der Waals surface area contributed by atoms with Gasteiger partial charge < -0.3 is 5.73 Å². The number of nitrogens with two attached hydrogens (primary N) is 1. The van der Waals surface area contributed by atoms with Gasteiger partial charge in [0.15, 0.2) is 0 Å². The van der Waals surface area contributed by atoms with Crippen LogP contribution >= 0.6 is 12.4 Å². The molecule has 1 saturated carbocycles. The van der Waals surface area contributed by atoms with Crippen LogP contribution in [0.5, 0.6) is 0 Å². The van der Waals surface area contributed by atoms with Crippen molar-refractivity contribution in [3.05, 3.63) is 0 Å². The molecule has 4 nitrogen and oxygen atoms in total. The minimum atomic E-state index is -3.12. The van der Waals surface area contributed by atoms with Gasteiger partial charge in [-0.15, -0.1) is 12.4 Å². The van der Waals surface area contributed by atoms with E-state index < -0.39 is 10.0 Å². The third-order valence-corrected chi connectivity index (χ3v) is 4.81. The van der Waals surface area contributed by atoms with Gasteiger partial charge in [0.1, 0.15) is 0 Å². The first-order valence-corrected chi connectivity index (χ1v) is 7.94.